The van der Waals surface area contributed by atoms with Gasteiger partial charge in [-0.2, -0.15) is 49.2 Å². The Bertz CT molecular complexity index is 3960. The van der Waals surface area contributed by atoms with Crippen molar-refractivity contribution in [2.75, 3.05) is 87.0 Å². The number of methoxy groups -OCH3 is 3. The molecule has 0 aliphatic carbocycles. The second-order valence-electron chi connectivity index (χ2n) is 40.7. The van der Waals surface area contributed by atoms with Crippen LogP contribution in [0.5, 0.6) is 23.0 Å². The van der Waals surface area contributed by atoms with Gasteiger partial charge in [-0.3, -0.25) is 9.80 Å². The molecule has 4 N–H and O–H groups in total. The Kier molecular flexibility index (Phi) is 51.9. The maximum Gasteiger partial charge on any atom is 2.00 e. The van der Waals surface area contributed by atoms with Crippen molar-refractivity contribution in [3.63, 3.8) is 0 Å². The summed E-state index contributed by atoms with van der Waals surface area (Å²) in [6.45, 7) is 82.3. The summed E-state index contributed by atoms with van der Waals surface area (Å²) in [6, 6.07) is 45.8. The Balaban J connectivity index is 0.000000832. The number of halogens is 4. The second kappa shape index (κ2) is 54.6. The van der Waals surface area contributed by atoms with Crippen molar-refractivity contribution in [2.45, 2.75) is 277 Å². The van der Waals surface area contributed by atoms with Crippen LogP contribution in [-0.2, 0) is 152 Å². The molecule has 0 saturated heterocycles. The minimum atomic E-state index is -0.826. The molecule has 0 fully saturated rings. The van der Waals surface area contributed by atoms with Gasteiger partial charge in [0.25, 0.3) is 0 Å². The standard InChI is InChI=1S/2C33H53NO3.C25H37N3O.2C7H7.4ClH.3Zr/c2*1-30(2,3)24-16-22(28(35)26(18-24)32(7,8)9)20-34(14-15-37-13)21-23-17-25(31(4,5)6)19-27(29(23)36)33(10,11)12;1-18-14-20(3)24(21(4)15-18)26-8-10-28(12-13-29-7)11-9-27-25-22(5)16-19(2)17-23(25)6;2*1-7-5-3-2-4-6-7;;;;;;;/h2*16-19,35-36H,14-15,20-21H2,1-13H3;14-17H,8-13H2,1-7H3;2*2-6H,1H2;4*1H;;;/q;;-2;2*-1;;;;;2*+2;+4/p-4. The number of phenols is 4. The third-order valence-corrected chi connectivity index (χ3v) is 21.2. The Labute approximate surface area is 811 Å². The second-order valence-corrected chi connectivity index (χ2v) is 48.2. The average molecular weight is 2020 g/mol. The topological polar surface area (TPSA) is 147 Å². The number of aromatic hydroxyl groups is 4. The van der Waals surface area contributed by atoms with Crippen molar-refractivity contribution < 1.29 is 103 Å². The summed E-state index contributed by atoms with van der Waals surface area (Å²) in [7, 11) is 24.9. The molecule has 0 saturated carbocycles. The number of hydrogen-bond acceptors (Lipinski definition) is 10. The van der Waals surface area contributed by atoms with Crippen molar-refractivity contribution in [1.29, 1.82) is 0 Å². The van der Waals surface area contributed by atoms with Crippen LogP contribution in [0, 0.1) is 55.4 Å². The predicted molar refractivity (Wildman–Crippen MR) is 525 cm³/mol. The number of aryl methyl sites for hydroxylation is 6. The number of ether oxygens (including phenoxy) is 3. The van der Waals surface area contributed by atoms with Gasteiger partial charge in [0.1, 0.15) is 23.0 Å². The van der Waals surface area contributed by atoms with Crippen LogP contribution in [0.2, 0.25) is 0 Å². The van der Waals surface area contributed by atoms with Gasteiger partial charge < -0.3 is 50.2 Å². The van der Waals surface area contributed by atoms with E-state index in [2.05, 4.69) is 309 Å². The molecular weight excluding hydrogens is 1860 g/mol. The summed E-state index contributed by atoms with van der Waals surface area (Å²) in [5, 5.41) is 55.4. The largest absolute Gasteiger partial charge is 2.00 e. The fourth-order valence-electron chi connectivity index (χ4n) is 14.1. The van der Waals surface area contributed by atoms with Gasteiger partial charge >= 0.3 is 102 Å². The van der Waals surface area contributed by atoms with Gasteiger partial charge in [-0.25, -0.2) is 0 Å². The van der Waals surface area contributed by atoms with Gasteiger partial charge in [0.2, 0.25) is 0 Å². The van der Waals surface area contributed by atoms with Crippen LogP contribution in [0.1, 0.15) is 277 Å². The fraction of sp³-hybridized carbons (Fsp3) is 0.524. The van der Waals surface area contributed by atoms with Gasteiger partial charge in [-0.1, -0.05) is 284 Å². The van der Waals surface area contributed by atoms with E-state index in [4.69, 9.17) is 58.9 Å². The molecule has 0 bridgehead atoms. The van der Waals surface area contributed by atoms with Crippen molar-refractivity contribution in [3.8, 4) is 23.0 Å². The summed E-state index contributed by atoms with van der Waals surface area (Å²) in [5.74, 6) is 1.47. The van der Waals surface area contributed by atoms with E-state index in [9.17, 15) is 20.4 Å². The molecule has 0 amide bonds. The zero-order chi connectivity index (χ0) is 94.1. The Morgan fingerprint density at radius 1 is 0.339 bits per heavy atom. The molecule has 12 nitrogen and oxygen atoms in total. The average Bonchev–Trinajstić information content (AvgIpc) is 0.787. The number of benzene rings is 8. The summed E-state index contributed by atoms with van der Waals surface area (Å²) in [5.41, 5.74) is 23.5. The molecule has 8 aromatic rings. The van der Waals surface area contributed by atoms with E-state index >= 15 is 0 Å². The number of phenolic OH excluding ortho intramolecular Hbond substituents is 4. The predicted octanol–water partition coefficient (Wildman–Crippen LogP) is 28.6. The molecule has 0 radical (unpaired) electrons. The van der Waals surface area contributed by atoms with Crippen LogP contribution >= 0.6 is 34.1 Å². The number of rotatable bonds is 25. The molecule has 124 heavy (non-hydrogen) atoms. The van der Waals surface area contributed by atoms with Crippen LogP contribution in [0.25, 0.3) is 10.6 Å². The summed E-state index contributed by atoms with van der Waals surface area (Å²) < 4.78 is 16.2. The maximum absolute atomic E-state index is 11.4. The maximum atomic E-state index is 11.4. The van der Waals surface area contributed by atoms with E-state index in [-0.39, 0.29) is 69.5 Å². The number of hydrogen-bond donors (Lipinski definition) is 4. The zero-order valence-corrected chi connectivity index (χ0v) is 92.7. The van der Waals surface area contributed by atoms with E-state index in [0.717, 1.165) is 106 Å². The molecule has 0 unspecified atom stereocenters. The molecule has 0 spiro atoms. The van der Waals surface area contributed by atoms with Crippen LogP contribution < -0.4 is 0 Å². The van der Waals surface area contributed by atoms with Crippen molar-refractivity contribution in [3.05, 3.63) is 269 Å². The van der Waals surface area contributed by atoms with Crippen LogP contribution in [-0.4, -0.2) is 122 Å². The summed E-state index contributed by atoms with van der Waals surface area (Å²) in [6.07, 6.45) is 0. The first-order valence-corrected chi connectivity index (χ1v) is 55.7. The Morgan fingerprint density at radius 2 is 0.540 bits per heavy atom. The quantitative estimate of drug-likeness (QED) is 0.0408. The molecular formula is C105H157Cl4N5O7Zr3. The smallest absolute Gasteiger partial charge is 2.00 e. The van der Waals surface area contributed by atoms with Gasteiger partial charge in [0, 0.05) is 89.4 Å². The molecule has 0 heterocycles. The first-order valence-electron chi connectivity index (χ1n) is 43.0. The normalized spacial score (nSPS) is 11.8. The third-order valence-electron chi connectivity index (χ3n) is 21.2. The minimum absolute atomic E-state index is 0. The van der Waals surface area contributed by atoms with Crippen LogP contribution in [0.3, 0.4) is 0 Å². The van der Waals surface area contributed by atoms with Crippen LogP contribution in [0.15, 0.2) is 133 Å². The van der Waals surface area contributed by atoms with Crippen molar-refractivity contribution in [1.82, 2.24) is 14.7 Å². The van der Waals surface area contributed by atoms with E-state index in [0.29, 0.717) is 75.5 Å². The summed E-state index contributed by atoms with van der Waals surface area (Å²) >= 11 is -1.65. The van der Waals surface area contributed by atoms with E-state index in [1.807, 2.05) is 60.7 Å². The van der Waals surface area contributed by atoms with Gasteiger partial charge in [-0.15, -0.1) is 48.7 Å². The molecule has 0 aliphatic rings. The number of nitrogens with zero attached hydrogens (tertiary/aromatic N) is 5. The van der Waals surface area contributed by atoms with Crippen molar-refractivity contribution >= 4 is 45.4 Å². The van der Waals surface area contributed by atoms with Crippen LogP contribution in [0.4, 0.5) is 11.4 Å². The van der Waals surface area contributed by atoms with Gasteiger partial charge in [0.15, 0.2) is 0 Å². The molecule has 0 aromatic heterocycles. The molecule has 0 atom stereocenters. The first kappa shape index (κ1) is 118. The third kappa shape index (κ3) is 42.0. The minimum Gasteiger partial charge on any atom is 2.00 e. The zero-order valence-electron chi connectivity index (χ0n) is 82.3. The Morgan fingerprint density at radius 3 is 0.710 bits per heavy atom. The SMILES string of the molecule is COCCN(CC[N-]c1c(C)cc(C)cc1C)CC[N-]c1c(C)cc(C)cc1C.COCCN(Cc1cc(C(C)(C)C)cc(C(C)(C)C)c1O)Cc1cc(C(C)(C)C)cc(C(C)(C)C)c1O.COCCN(Cc1cc(C(C)(C)C)cc(C(C)(C)C)c1O)Cc1cc(C(C)(C)C)cc(C(C)(C)C)c1O.[CH2-]c1ccccc1.[CH2-]c1ccccc1.[Cl][Zr+2][Cl].[Cl][Zr][Cl].[Zr+2]. The van der Waals surface area contributed by atoms with Gasteiger partial charge in [0.05, 0.1) is 19.8 Å². The monoisotopic (exact) mass is 2010 g/mol. The first-order chi connectivity index (χ1) is 56.7. The van der Waals surface area contributed by atoms with E-state index in [1.54, 1.807) is 21.3 Å². The molecule has 8 rings (SSSR count). The molecule has 684 valence electrons. The molecule has 19 heteroatoms. The summed E-state index contributed by atoms with van der Waals surface area (Å²) in [4.78, 5) is 6.94. The molecule has 0 aliphatic heterocycles. The fourth-order valence-corrected chi connectivity index (χ4v) is 14.1. The van der Waals surface area contributed by atoms with E-state index < -0.39 is 41.7 Å². The van der Waals surface area contributed by atoms with Crippen molar-refractivity contribution in [2.24, 2.45) is 0 Å². The van der Waals surface area contributed by atoms with E-state index in [1.165, 1.54) is 55.6 Å². The molecule has 8 aromatic carbocycles. The Hall–Kier alpha value is -4.13. The van der Waals surface area contributed by atoms with Gasteiger partial charge in [-0.05, 0) is 142 Å².